The van der Waals surface area contributed by atoms with E-state index in [1.54, 1.807) is 13.2 Å². The summed E-state index contributed by atoms with van der Waals surface area (Å²) in [4.78, 5) is 11.9. The normalized spacial score (nSPS) is 15.0. The molecule has 1 heterocycles. The maximum absolute atomic E-state index is 11.9. The van der Waals surface area contributed by atoms with E-state index in [1.807, 2.05) is 12.1 Å². The van der Waals surface area contributed by atoms with Crippen molar-refractivity contribution in [2.24, 2.45) is 5.92 Å². The van der Waals surface area contributed by atoms with Crippen LogP contribution in [0.1, 0.15) is 31.2 Å². The molecule has 0 saturated carbocycles. The Labute approximate surface area is 143 Å². The van der Waals surface area contributed by atoms with Crippen molar-refractivity contribution in [2.45, 2.75) is 32.2 Å². The molecule has 0 bridgehead atoms. The number of amides is 1. The molecule has 124 valence electrons. The second-order valence-corrected chi connectivity index (χ2v) is 5.90. The number of hydrogen-bond donors (Lipinski definition) is 2. The zero-order valence-corrected chi connectivity index (χ0v) is 14.4. The molecule has 22 heavy (non-hydrogen) atoms. The van der Waals surface area contributed by atoms with Crippen LogP contribution in [-0.4, -0.2) is 26.1 Å². The van der Waals surface area contributed by atoms with E-state index in [4.69, 9.17) is 16.3 Å². The third kappa shape index (κ3) is 6.03. The topological polar surface area (TPSA) is 50.4 Å². The van der Waals surface area contributed by atoms with E-state index in [1.165, 1.54) is 12.8 Å². The highest BCUT2D eigenvalue weighted by Crippen LogP contribution is 2.22. The molecule has 4 nitrogen and oxygen atoms in total. The summed E-state index contributed by atoms with van der Waals surface area (Å²) < 4.78 is 5.27. The molecule has 1 aromatic rings. The minimum Gasteiger partial charge on any atom is -0.496 e. The Balaban J connectivity index is 0.00000242. The Kier molecular flexibility index (Phi) is 8.61. The highest BCUT2D eigenvalue weighted by Gasteiger charge is 2.14. The van der Waals surface area contributed by atoms with Crippen LogP contribution in [0, 0.1) is 5.92 Å². The third-order valence-electron chi connectivity index (χ3n) is 3.96. The molecule has 1 aliphatic rings. The molecule has 0 unspecified atom stereocenters. The molecule has 2 N–H and O–H groups in total. The highest BCUT2D eigenvalue weighted by molar-refractivity contribution is 6.30. The summed E-state index contributed by atoms with van der Waals surface area (Å²) in [5, 5.41) is 6.94. The number of methoxy groups -OCH3 is 1. The average Bonchev–Trinajstić information content (AvgIpc) is 2.52. The molecular weight excluding hydrogens is 323 g/mol. The largest absolute Gasteiger partial charge is 0.496 e. The monoisotopic (exact) mass is 346 g/mol. The zero-order chi connectivity index (χ0) is 15.1. The summed E-state index contributed by atoms with van der Waals surface area (Å²) in [5.41, 5.74) is 0.903. The third-order valence-corrected chi connectivity index (χ3v) is 4.19. The molecule has 0 spiro atoms. The zero-order valence-electron chi connectivity index (χ0n) is 12.9. The Morgan fingerprint density at radius 2 is 2.14 bits per heavy atom. The lowest BCUT2D eigenvalue weighted by molar-refractivity contribution is -0.121. The molecule has 1 fully saturated rings. The summed E-state index contributed by atoms with van der Waals surface area (Å²) in [6.45, 7) is 2.60. The van der Waals surface area contributed by atoms with Gasteiger partial charge in [-0.3, -0.25) is 4.79 Å². The number of carbonyl (C=O) groups is 1. The number of halogens is 2. The molecule has 0 aromatic heterocycles. The van der Waals surface area contributed by atoms with E-state index in [9.17, 15) is 4.79 Å². The molecule has 1 aliphatic heterocycles. The van der Waals surface area contributed by atoms with Gasteiger partial charge in [0.15, 0.2) is 0 Å². The van der Waals surface area contributed by atoms with Crippen molar-refractivity contribution in [1.29, 1.82) is 0 Å². The minimum atomic E-state index is 0. The van der Waals surface area contributed by atoms with Crippen LogP contribution in [0.3, 0.4) is 0 Å². The summed E-state index contributed by atoms with van der Waals surface area (Å²) >= 11 is 5.98. The Hall–Kier alpha value is -0.970. The first-order valence-corrected chi connectivity index (χ1v) is 7.86. The maximum atomic E-state index is 11.9. The first-order valence-electron chi connectivity index (χ1n) is 7.49. The first kappa shape index (κ1) is 19.1. The molecule has 1 amide bonds. The van der Waals surface area contributed by atoms with Gasteiger partial charge in [0.2, 0.25) is 5.91 Å². The predicted octanol–water partition coefficient (Wildman–Crippen LogP) is 3.17. The van der Waals surface area contributed by atoms with E-state index in [2.05, 4.69) is 10.6 Å². The van der Waals surface area contributed by atoms with Crippen LogP contribution in [0.5, 0.6) is 5.75 Å². The van der Waals surface area contributed by atoms with Gasteiger partial charge in [-0.1, -0.05) is 11.6 Å². The molecule has 1 aromatic carbocycles. The lowest BCUT2D eigenvalue weighted by atomic mass is 9.93. The summed E-state index contributed by atoms with van der Waals surface area (Å²) in [6, 6.07) is 5.43. The Morgan fingerprint density at radius 1 is 1.41 bits per heavy atom. The first-order chi connectivity index (χ1) is 10.2. The van der Waals surface area contributed by atoms with Crippen molar-refractivity contribution in [3.05, 3.63) is 28.8 Å². The summed E-state index contributed by atoms with van der Waals surface area (Å²) in [6.07, 6.45) is 3.92. The summed E-state index contributed by atoms with van der Waals surface area (Å²) in [7, 11) is 1.62. The second kappa shape index (κ2) is 9.93. The van der Waals surface area contributed by atoms with Crippen molar-refractivity contribution in [2.75, 3.05) is 20.2 Å². The molecule has 0 radical (unpaired) electrons. The van der Waals surface area contributed by atoms with Gasteiger partial charge in [0.1, 0.15) is 5.75 Å². The van der Waals surface area contributed by atoms with Crippen molar-refractivity contribution in [3.8, 4) is 5.75 Å². The fourth-order valence-corrected chi connectivity index (χ4v) is 2.87. The molecule has 6 heteroatoms. The second-order valence-electron chi connectivity index (χ2n) is 5.46. The Bertz CT molecular complexity index is 477. The molecule has 0 aliphatic carbocycles. The van der Waals surface area contributed by atoms with Crippen LogP contribution >= 0.6 is 24.0 Å². The SMILES string of the molecule is COc1ccc(Cl)cc1CNC(=O)CCC1CCNCC1.Cl. The predicted molar refractivity (Wildman–Crippen MR) is 91.9 cm³/mol. The van der Waals surface area contributed by atoms with Crippen molar-refractivity contribution in [3.63, 3.8) is 0 Å². The minimum absolute atomic E-state index is 0. The van der Waals surface area contributed by atoms with Gasteiger partial charge in [-0.15, -0.1) is 12.4 Å². The average molecular weight is 347 g/mol. The standard InChI is InChI=1S/C16H23ClN2O2.ClH/c1-21-15-4-3-14(17)10-13(15)11-19-16(20)5-2-12-6-8-18-9-7-12;/h3-4,10,12,18H,2,5-9,11H2,1H3,(H,19,20);1H. The van der Waals surface area contributed by atoms with Crippen LogP contribution in [0.4, 0.5) is 0 Å². The van der Waals surface area contributed by atoms with Gasteiger partial charge in [0.05, 0.1) is 7.11 Å². The maximum Gasteiger partial charge on any atom is 0.220 e. The van der Waals surface area contributed by atoms with Gasteiger partial charge < -0.3 is 15.4 Å². The van der Waals surface area contributed by atoms with Gasteiger partial charge in [-0.2, -0.15) is 0 Å². The smallest absolute Gasteiger partial charge is 0.220 e. The number of rotatable bonds is 6. The van der Waals surface area contributed by atoms with E-state index in [-0.39, 0.29) is 18.3 Å². The van der Waals surface area contributed by atoms with E-state index < -0.39 is 0 Å². The molecular formula is C16H24Cl2N2O2. The molecule has 0 atom stereocenters. The number of hydrogen-bond acceptors (Lipinski definition) is 3. The van der Waals surface area contributed by atoms with Gasteiger partial charge in [0.25, 0.3) is 0 Å². The van der Waals surface area contributed by atoms with Gasteiger partial charge >= 0.3 is 0 Å². The molecule has 1 saturated heterocycles. The Morgan fingerprint density at radius 3 is 2.82 bits per heavy atom. The van der Waals surface area contributed by atoms with Gasteiger partial charge in [0, 0.05) is 23.6 Å². The van der Waals surface area contributed by atoms with Crippen molar-refractivity contribution >= 4 is 29.9 Å². The number of benzene rings is 1. The van der Waals surface area contributed by atoms with Crippen molar-refractivity contribution < 1.29 is 9.53 Å². The van der Waals surface area contributed by atoms with Gasteiger partial charge in [-0.25, -0.2) is 0 Å². The van der Waals surface area contributed by atoms with E-state index >= 15 is 0 Å². The number of carbonyl (C=O) groups excluding carboxylic acids is 1. The van der Waals surface area contributed by atoms with Crippen molar-refractivity contribution in [1.82, 2.24) is 10.6 Å². The fourth-order valence-electron chi connectivity index (χ4n) is 2.67. The van der Waals surface area contributed by atoms with Crippen LogP contribution in [-0.2, 0) is 11.3 Å². The van der Waals surface area contributed by atoms with E-state index in [0.29, 0.717) is 23.9 Å². The fraction of sp³-hybridized carbons (Fsp3) is 0.562. The summed E-state index contributed by atoms with van der Waals surface area (Å²) in [5.74, 6) is 1.52. The van der Waals surface area contributed by atoms with Crippen LogP contribution in [0.2, 0.25) is 5.02 Å². The lowest BCUT2D eigenvalue weighted by Crippen LogP contribution is -2.29. The highest BCUT2D eigenvalue weighted by atomic mass is 35.5. The molecule has 2 rings (SSSR count). The number of piperidine rings is 1. The lowest BCUT2D eigenvalue weighted by Gasteiger charge is -2.22. The van der Waals surface area contributed by atoms with Crippen LogP contribution in [0.25, 0.3) is 0 Å². The number of nitrogens with one attached hydrogen (secondary N) is 2. The van der Waals surface area contributed by atoms with E-state index in [0.717, 1.165) is 30.8 Å². The van der Waals surface area contributed by atoms with Gasteiger partial charge in [-0.05, 0) is 56.5 Å². The quantitative estimate of drug-likeness (QED) is 0.831. The van der Waals surface area contributed by atoms with Crippen LogP contribution < -0.4 is 15.4 Å². The number of ether oxygens (including phenoxy) is 1. The van der Waals surface area contributed by atoms with Crippen LogP contribution in [0.15, 0.2) is 18.2 Å².